The molecule has 0 amide bonds. The Morgan fingerprint density at radius 2 is 2.05 bits per heavy atom. The van der Waals surface area contributed by atoms with Crippen LogP contribution in [0.3, 0.4) is 0 Å². The van der Waals surface area contributed by atoms with Gasteiger partial charge in [-0.2, -0.15) is 0 Å². The molecule has 0 spiro atoms. The van der Waals surface area contributed by atoms with Gasteiger partial charge < -0.3 is 10.1 Å². The Morgan fingerprint density at radius 3 is 2.68 bits per heavy atom. The maximum absolute atomic E-state index is 6.09. The molecule has 1 aromatic heterocycles. The normalized spacial score (nSPS) is 12.2. The second-order valence-corrected chi connectivity index (χ2v) is 4.80. The Bertz CT molecular complexity index is 572. The summed E-state index contributed by atoms with van der Waals surface area (Å²) in [6.07, 6.45) is 1.81. The van der Waals surface area contributed by atoms with Gasteiger partial charge in [-0.15, -0.1) is 0 Å². The molecule has 2 aromatic rings. The quantitative estimate of drug-likeness (QED) is 0.930. The van der Waals surface area contributed by atoms with Gasteiger partial charge in [-0.3, -0.25) is 4.98 Å². The highest BCUT2D eigenvalue weighted by molar-refractivity contribution is 6.30. The minimum absolute atomic E-state index is 0.0476. The second-order valence-electron chi connectivity index (χ2n) is 4.37. The lowest BCUT2D eigenvalue weighted by Crippen LogP contribution is -2.19. The molecule has 0 radical (unpaired) electrons. The van der Waals surface area contributed by atoms with Gasteiger partial charge in [0.1, 0.15) is 5.75 Å². The van der Waals surface area contributed by atoms with Crippen LogP contribution in [0.15, 0.2) is 36.5 Å². The SMILES string of the molecule is CNC(c1cc(C)ccn1)c1cc(Cl)ccc1OC. The molecular weight excluding hydrogens is 260 g/mol. The van der Waals surface area contributed by atoms with Crippen LogP contribution in [0.2, 0.25) is 5.02 Å². The van der Waals surface area contributed by atoms with E-state index >= 15 is 0 Å². The summed E-state index contributed by atoms with van der Waals surface area (Å²) in [7, 11) is 3.55. The van der Waals surface area contributed by atoms with Crippen molar-refractivity contribution in [2.24, 2.45) is 0 Å². The maximum Gasteiger partial charge on any atom is 0.124 e. The first-order valence-electron chi connectivity index (χ1n) is 6.09. The van der Waals surface area contributed by atoms with Crippen molar-refractivity contribution in [2.45, 2.75) is 13.0 Å². The molecule has 0 aliphatic heterocycles. The summed E-state index contributed by atoms with van der Waals surface area (Å²) in [5.74, 6) is 0.798. The van der Waals surface area contributed by atoms with Crippen LogP contribution in [-0.2, 0) is 0 Å². The number of benzene rings is 1. The van der Waals surface area contributed by atoms with Crippen molar-refractivity contribution in [3.63, 3.8) is 0 Å². The van der Waals surface area contributed by atoms with Crippen LogP contribution in [0.4, 0.5) is 0 Å². The van der Waals surface area contributed by atoms with Crippen LogP contribution >= 0.6 is 11.6 Å². The molecule has 0 saturated heterocycles. The molecule has 0 aliphatic carbocycles. The van der Waals surface area contributed by atoms with Gasteiger partial charge in [0.15, 0.2) is 0 Å². The molecule has 1 unspecified atom stereocenters. The smallest absolute Gasteiger partial charge is 0.124 e. The zero-order valence-corrected chi connectivity index (χ0v) is 12.0. The topological polar surface area (TPSA) is 34.2 Å². The van der Waals surface area contributed by atoms with Crippen LogP contribution in [0.1, 0.15) is 22.9 Å². The number of aryl methyl sites for hydroxylation is 1. The Balaban J connectivity index is 2.50. The summed E-state index contributed by atoms with van der Waals surface area (Å²) in [4.78, 5) is 4.43. The first-order chi connectivity index (χ1) is 9.15. The summed E-state index contributed by atoms with van der Waals surface area (Å²) < 4.78 is 5.41. The van der Waals surface area contributed by atoms with Crippen LogP contribution in [-0.4, -0.2) is 19.1 Å². The Morgan fingerprint density at radius 1 is 1.26 bits per heavy atom. The zero-order chi connectivity index (χ0) is 13.8. The van der Waals surface area contributed by atoms with E-state index < -0.39 is 0 Å². The number of hydrogen-bond acceptors (Lipinski definition) is 3. The van der Waals surface area contributed by atoms with Crippen LogP contribution in [0.5, 0.6) is 5.75 Å². The summed E-state index contributed by atoms with van der Waals surface area (Å²) >= 11 is 6.09. The molecule has 1 N–H and O–H groups in total. The molecule has 1 aromatic carbocycles. The minimum atomic E-state index is -0.0476. The summed E-state index contributed by atoms with van der Waals surface area (Å²) in [6.45, 7) is 2.05. The molecule has 0 fully saturated rings. The van der Waals surface area contributed by atoms with E-state index in [1.807, 2.05) is 44.4 Å². The molecule has 100 valence electrons. The minimum Gasteiger partial charge on any atom is -0.496 e. The highest BCUT2D eigenvalue weighted by Gasteiger charge is 2.18. The summed E-state index contributed by atoms with van der Waals surface area (Å²) in [5.41, 5.74) is 3.10. The Hall–Kier alpha value is -1.58. The van der Waals surface area contributed by atoms with E-state index in [9.17, 15) is 0 Å². The van der Waals surface area contributed by atoms with E-state index in [2.05, 4.69) is 16.4 Å². The second kappa shape index (κ2) is 6.04. The first-order valence-corrected chi connectivity index (χ1v) is 6.46. The fraction of sp³-hybridized carbons (Fsp3) is 0.267. The standard InChI is InChI=1S/C15H17ClN2O/c1-10-6-7-18-13(8-10)15(17-2)12-9-11(16)4-5-14(12)19-3/h4-9,15,17H,1-3H3. The largest absolute Gasteiger partial charge is 0.496 e. The fourth-order valence-electron chi connectivity index (χ4n) is 2.11. The predicted molar refractivity (Wildman–Crippen MR) is 77.9 cm³/mol. The van der Waals surface area contributed by atoms with Crippen molar-refractivity contribution in [3.8, 4) is 5.75 Å². The van der Waals surface area contributed by atoms with E-state index in [0.717, 1.165) is 17.0 Å². The first kappa shape index (κ1) is 13.8. The highest BCUT2D eigenvalue weighted by atomic mass is 35.5. The molecule has 4 heteroatoms. The number of hydrogen-bond donors (Lipinski definition) is 1. The van der Waals surface area contributed by atoms with Crippen molar-refractivity contribution < 1.29 is 4.74 Å². The molecule has 0 saturated carbocycles. The lowest BCUT2D eigenvalue weighted by molar-refractivity contribution is 0.405. The maximum atomic E-state index is 6.09. The molecule has 0 aliphatic rings. The van der Waals surface area contributed by atoms with Gasteiger partial charge in [0.2, 0.25) is 0 Å². The number of methoxy groups -OCH3 is 1. The molecule has 2 rings (SSSR count). The average Bonchev–Trinajstić information content (AvgIpc) is 2.40. The molecule has 1 heterocycles. The van der Waals surface area contributed by atoms with Gasteiger partial charge in [-0.25, -0.2) is 0 Å². The van der Waals surface area contributed by atoms with Gasteiger partial charge in [0, 0.05) is 16.8 Å². The molecule has 0 bridgehead atoms. The molecule has 1 atom stereocenters. The van der Waals surface area contributed by atoms with E-state index in [4.69, 9.17) is 16.3 Å². The molecular formula is C15H17ClN2O. The highest BCUT2D eigenvalue weighted by Crippen LogP contribution is 2.31. The van der Waals surface area contributed by atoms with Crippen molar-refractivity contribution in [2.75, 3.05) is 14.2 Å². The lowest BCUT2D eigenvalue weighted by Gasteiger charge is -2.19. The van der Waals surface area contributed by atoms with Crippen molar-refractivity contribution in [3.05, 3.63) is 58.4 Å². The Labute approximate surface area is 118 Å². The van der Waals surface area contributed by atoms with E-state index in [-0.39, 0.29) is 6.04 Å². The van der Waals surface area contributed by atoms with E-state index in [0.29, 0.717) is 5.02 Å². The third-order valence-corrected chi connectivity index (χ3v) is 3.26. The summed E-state index contributed by atoms with van der Waals surface area (Å²) in [5, 5.41) is 3.95. The number of rotatable bonds is 4. The molecule has 19 heavy (non-hydrogen) atoms. The van der Waals surface area contributed by atoms with Crippen molar-refractivity contribution in [1.82, 2.24) is 10.3 Å². The van der Waals surface area contributed by atoms with Gasteiger partial charge >= 0.3 is 0 Å². The van der Waals surface area contributed by atoms with E-state index in [1.165, 1.54) is 5.56 Å². The average molecular weight is 277 g/mol. The van der Waals surface area contributed by atoms with Crippen molar-refractivity contribution >= 4 is 11.6 Å². The lowest BCUT2D eigenvalue weighted by atomic mass is 10.0. The molecule has 3 nitrogen and oxygen atoms in total. The van der Waals surface area contributed by atoms with Gasteiger partial charge in [-0.1, -0.05) is 11.6 Å². The number of halogens is 1. The fourth-order valence-corrected chi connectivity index (χ4v) is 2.29. The van der Waals surface area contributed by atoms with Crippen LogP contribution < -0.4 is 10.1 Å². The third-order valence-electron chi connectivity index (χ3n) is 3.02. The zero-order valence-electron chi connectivity index (χ0n) is 11.3. The van der Waals surface area contributed by atoms with Gasteiger partial charge in [-0.05, 0) is 49.9 Å². The van der Waals surface area contributed by atoms with Crippen molar-refractivity contribution in [1.29, 1.82) is 0 Å². The van der Waals surface area contributed by atoms with Crippen LogP contribution in [0.25, 0.3) is 0 Å². The summed E-state index contributed by atoms with van der Waals surface area (Å²) in [6, 6.07) is 9.59. The number of aromatic nitrogens is 1. The number of nitrogens with one attached hydrogen (secondary N) is 1. The number of pyridine rings is 1. The van der Waals surface area contributed by atoms with Crippen LogP contribution in [0, 0.1) is 6.92 Å². The van der Waals surface area contributed by atoms with Gasteiger partial charge in [0.25, 0.3) is 0 Å². The van der Waals surface area contributed by atoms with E-state index in [1.54, 1.807) is 7.11 Å². The van der Waals surface area contributed by atoms with Gasteiger partial charge in [0.05, 0.1) is 18.8 Å². The number of ether oxygens (including phenoxy) is 1. The Kier molecular flexibility index (Phi) is 4.40. The third kappa shape index (κ3) is 3.06. The predicted octanol–water partition coefficient (Wildman–Crippen LogP) is 3.36. The number of nitrogens with zero attached hydrogens (tertiary/aromatic N) is 1. The monoisotopic (exact) mass is 276 g/mol.